The van der Waals surface area contributed by atoms with Gasteiger partial charge in [0.05, 0.1) is 12.7 Å². The van der Waals surface area contributed by atoms with Gasteiger partial charge in [0.2, 0.25) is 0 Å². The van der Waals surface area contributed by atoms with Crippen LogP contribution in [0.2, 0.25) is 0 Å². The van der Waals surface area contributed by atoms with Gasteiger partial charge in [-0.3, -0.25) is 0 Å². The van der Waals surface area contributed by atoms with E-state index in [2.05, 4.69) is 6.58 Å². The van der Waals surface area contributed by atoms with Gasteiger partial charge >= 0.3 is 6.18 Å². The molecule has 0 aliphatic heterocycles. The lowest BCUT2D eigenvalue weighted by atomic mass is 10.0. The summed E-state index contributed by atoms with van der Waals surface area (Å²) in [5, 5.41) is 0. The summed E-state index contributed by atoms with van der Waals surface area (Å²) in [5.41, 5.74) is 5.23. The summed E-state index contributed by atoms with van der Waals surface area (Å²) in [6.45, 7) is 3.68. The number of halogens is 3. The molecule has 0 radical (unpaired) electrons. The maximum atomic E-state index is 12.6. The molecule has 1 aromatic carbocycles. The van der Waals surface area contributed by atoms with Crippen molar-refractivity contribution in [2.45, 2.75) is 6.18 Å². The van der Waals surface area contributed by atoms with E-state index in [0.717, 1.165) is 6.07 Å². The van der Waals surface area contributed by atoms with Crippen LogP contribution in [0.5, 0.6) is 5.75 Å². The molecule has 0 aromatic heterocycles. The summed E-state index contributed by atoms with van der Waals surface area (Å²) < 4.78 is 42.7. The van der Waals surface area contributed by atoms with E-state index in [1.165, 1.54) is 19.2 Å². The highest BCUT2D eigenvalue weighted by molar-refractivity contribution is 5.71. The highest BCUT2D eigenvalue weighted by Gasteiger charge is 2.35. The number of hydrogen-bond acceptors (Lipinski definition) is 2. The lowest BCUT2D eigenvalue weighted by molar-refractivity contribution is -0.138. The number of hydrogen-bond donors (Lipinski definition) is 1. The van der Waals surface area contributed by atoms with Gasteiger partial charge in [-0.15, -0.1) is 0 Å². The number of para-hydroxylation sites is 1. The number of methoxy groups -OCH3 is 1. The van der Waals surface area contributed by atoms with Crippen LogP contribution >= 0.6 is 0 Å². The second-order valence-corrected chi connectivity index (χ2v) is 3.19. The van der Waals surface area contributed by atoms with Crippen LogP contribution in [0.1, 0.15) is 11.1 Å². The Balaban J connectivity index is 3.38. The molecule has 0 bridgehead atoms. The van der Waals surface area contributed by atoms with Crippen molar-refractivity contribution in [2.75, 3.05) is 13.7 Å². The Morgan fingerprint density at radius 2 is 2.06 bits per heavy atom. The fourth-order valence-corrected chi connectivity index (χ4v) is 1.37. The minimum atomic E-state index is -4.45. The summed E-state index contributed by atoms with van der Waals surface area (Å²) in [4.78, 5) is 0. The second kappa shape index (κ2) is 4.57. The van der Waals surface area contributed by atoms with Gasteiger partial charge in [-0.2, -0.15) is 13.2 Å². The normalized spacial score (nSPS) is 11.3. The topological polar surface area (TPSA) is 35.2 Å². The highest BCUT2D eigenvalue weighted by Crippen LogP contribution is 2.39. The van der Waals surface area contributed by atoms with Crippen LogP contribution in [-0.4, -0.2) is 13.7 Å². The minimum absolute atomic E-state index is 0.0810. The monoisotopic (exact) mass is 231 g/mol. The van der Waals surface area contributed by atoms with Crippen LogP contribution < -0.4 is 10.5 Å². The molecule has 0 aliphatic carbocycles. The van der Waals surface area contributed by atoms with Crippen molar-refractivity contribution in [2.24, 2.45) is 5.73 Å². The van der Waals surface area contributed by atoms with Crippen molar-refractivity contribution < 1.29 is 17.9 Å². The summed E-state index contributed by atoms with van der Waals surface area (Å²) >= 11 is 0. The zero-order valence-corrected chi connectivity index (χ0v) is 8.77. The van der Waals surface area contributed by atoms with E-state index in [1.54, 1.807) is 0 Å². The maximum Gasteiger partial charge on any atom is 0.419 e. The molecule has 0 atom stereocenters. The van der Waals surface area contributed by atoms with Crippen LogP contribution in [0.3, 0.4) is 0 Å². The van der Waals surface area contributed by atoms with E-state index in [0.29, 0.717) is 11.1 Å². The molecule has 1 aromatic rings. The Hall–Kier alpha value is -1.49. The van der Waals surface area contributed by atoms with Crippen molar-refractivity contribution in [3.63, 3.8) is 0 Å². The molecule has 0 spiro atoms. The van der Waals surface area contributed by atoms with Crippen molar-refractivity contribution in [1.29, 1.82) is 0 Å². The van der Waals surface area contributed by atoms with E-state index in [4.69, 9.17) is 10.5 Å². The third-order valence-electron chi connectivity index (χ3n) is 2.15. The van der Waals surface area contributed by atoms with Crippen molar-refractivity contribution >= 4 is 5.57 Å². The highest BCUT2D eigenvalue weighted by atomic mass is 19.4. The molecule has 0 heterocycles. The van der Waals surface area contributed by atoms with Gasteiger partial charge in [0.1, 0.15) is 5.75 Å². The van der Waals surface area contributed by atoms with Crippen LogP contribution in [0.15, 0.2) is 24.8 Å². The third-order valence-corrected chi connectivity index (χ3v) is 2.15. The van der Waals surface area contributed by atoms with Gasteiger partial charge in [0.25, 0.3) is 0 Å². The predicted octanol–water partition coefficient (Wildman–Crippen LogP) is 2.69. The van der Waals surface area contributed by atoms with Gasteiger partial charge in [-0.05, 0) is 11.6 Å². The first-order valence-electron chi connectivity index (χ1n) is 4.54. The van der Waals surface area contributed by atoms with Gasteiger partial charge in [0, 0.05) is 12.1 Å². The predicted molar refractivity (Wildman–Crippen MR) is 56.1 cm³/mol. The SMILES string of the molecule is C=C(CN)c1cccc(C(F)(F)F)c1OC. The summed E-state index contributed by atoms with van der Waals surface area (Å²) in [6.07, 6.45) is -4.45. The lowest BCUT2D eigenvalue weighted by Crippen LogP contribution is -2.10. The Morgan fingerprint density at radius 3 is 2.50 bits per heavy atom. The molecule has 5 heteroatoms. The zero-order valence-electron chi connectivity index (χ0n) is 8.77. The van der Waals surface area contributed by atoms with Crippen molar-refractivity contribution in [3.8, 4) is 5.75 Å². The van der Waals surface area contributed by atoms with E-state index in [9.17, 15) is 13.2 Å². The molecule has 0 aliphatic rings. The molecule has 2 N–H and O–H groups in total. The van der Waals surface area contributed by atoms with E-state index >= 15 is 0 Å². The largest absolute Gasteiger partial charge is 0.495 e. The molecule has 1 rings (SSSR count). The Labute approximate surface area is 91.5 Å². The second-order valence-electron chi connectivity index (χ2n) is 3.19. The first-order valence-corrected chi connectivity index (χ1v) is 4.54. The lowest BCUT2D eigenvalue weighted by Gasteiger charge is -2.16. The molecule has 0 saturated heterocycles. The van der Waals surface area contributed by atoms with Gasteiger partial charge in [-0.25, -0.2) is 0 Å². The number of rotatable bonds is 3. The van der Waals surface area contributed by atoms with Crippen LogP contribution in [0.25, 0.3) is 5.57 Å². The number of ether oxygens (including phenoxy) is 1. The Kier molecular flexibility index (Phi) is 3.59. The first-order chi connectivity index (χ1) is 7.41. The van der Waals surface area contributed by atoms with Crippen molar-refractivity contribution in [1.82, 2.24) is 0 Å². The average molecular weight is 231 g/mol. The molecule has 16 heavy (non-hydrogen) atoms. The fraction of sp³-hybridized carbons (Fsp3) is 0.273. The number of nitrogens with two attached hydrogens (primary N) is 1. The minimum Gasteiger partial charge on any atom is -0.495 e. The van der Waals surface area contributed by atoms with Gasteiger partial charge in [-0.1, -0.05) is 18.7 Å². The quantitative estimate of drug-likeness (QED) is 0.868. The Bertz CT molecular complexity index is 399. The van der Waals surface area contributed by atoms with Crippen molar-refractivity contribution in [3.05, 3.63) is 35.9 Å². The van der Waals surface area contributed by atoms with E-state index < -0.39 is 11.7 Å². The molecule has 88 valence electrons. The zero-order chi connectivity index (χ0) is 12.3. The van der Waals surface area contributed by atoms with E-state index in [-0.39, 0.29) is 12.3 Å². The average Bonchev–Trinajstić information content (AvgIpc) is 2.25. The van der Waals surface area contributed by atoms with E-state index in [1.807, 2.05) is 0 Å². The molecular formula is C11H12F3NO. The third kappa shape index (κ3) is 2.36. The van der Waals surface area contributed by atoms with Crippen LogP contribution in [0.4, 0.5) is 13.2 Å². The summed E-state index contributed by atoms with van der Waals surface area (Å²) in [6, 6.07) is 3.77. The first kappa shape index (κ1) is 12.6. The smallest absolute Gasteiger partial charge is 0.419 e. The summed E-state index contributed by atoms with van der Waals surface area (Å²) in [5.74, 6) is -0.231. The maximum absolute atomic E-state index is 12.6. The standard InChI is InChI=1S/C11H12F3NO/c1-7(6-15)8-4-3-5-9(10(8)16-2)11(12,13)14/h3-5H,1,6,15H2,2H3. The molecule has 0 fully saturated rings. The number of benzene rings is 1. The fourth-order valence-electron chi connectivity index (χ4n) is 1.37. The molecular weight excluding hydrogens is 219 g/mol. The Morgan fingerprint density at radius 1 is 1.44 bits per heavy atom. The molecule has 0 unspecified atom stereocenters. The van der Waals surface area contributed by atoms with Gasteiger partial charge in [0.15, 0.2) is 0 Å². The summed E-state index contributed by atoms with van der Waals surface area (Å²) in [7, 11) is 1.19. The van der Waals surface area contributed by atoms with Crippen LogP contribution in [0, 0.1) is 0 Å². The van der Waals surface area contributed by atoms with Gasteiger partial charge < -0.3 is 10.5 Å². The van der Waals surface area contributed by atoms with Crippen LogP contribution in [-0.2, 0) is 6.18 Å². The molecule has 0 amide bonds. The number of alkyl halides is 3. The molecule has 0 saturated carbocycles. The molecule has 2 nitrogen and oxygen atoms in total.